The summed E-state index contributed by atoms with van der Waals surface area (Å²) in [4.78, 5) is 20.5. The third kappa shape index (κ3) is 4.20. The van der Waals surface area contributed by atoms with Crippen molar-refractivity contribution in [2.24, 2.45) is 0 Å². The Labute approximate surface area is 146 Å². The fourth-order valence-electron chi connectivity index (χ4n) is 2.52. The first-order valence-corrected chi connectivity index (χ1v) is 7.96. The van der Waals surface area contributed by atoms with Crippen LogP contribution in [0.2, 0.25) is 0 Å². The number of nitrogens with zero attached hydrogens (tertiary/aromatic N) is 2. The number of ether oxygens (including phenoxy) is 1. The number of nitrogens with one attached hydrogen (secondary N) is 1. The van der Waals surface area contributed by atoms with Gasteiger partial charge in [-0.15, -0.1) is 0 Å². The van der Waals surface area contributed by atoms with Gasteiger partial charge in [-0.05, 0) is 30.7 Å². The Kier molecular flexibility index (Phi) is 5.04. The van der Waals surface area contributed by atoms with Gasteiger partial charge in [0.2, 0.25) is 0 Å². The van der Waals surface area contributed by atoms with Crippen molar-refractivity contribution in [2.75, 3.05) is 12.4 Å². The number of aromatic nitrogens is 2. The number of carbonyl (C=O) groups is 1. The summed E-state index contributed by atoms with van der Waals surface area (Å²) in [5, 5.41) is 2.86. The molecule has 25 heavy (non-hydrogen) atoms. The maximum absolute atomic E-state index is 12.3. The first-order chi connectivity index (χ1) is 12.2. The predicted molar refractivity (Wildman–Crippen MR) is 97.0 cm³/mol. The molecule has 0 bridgehead atoms. The van der Waals surface area contributed by atoms with Gasteiger partial charge in [0, 0.05) is 23.9 Å². The minimum Gasteiger partial charge on any atom is -0.496 e. The van der Waals surface area contributed by atoms with Crippen LogP contribution in [-0.4, -0.2) is 23.0 Å². The maximum atomic E-state index is 12.3. The normalized spacial score (nSPS) is 10.3. The Morgan fingerprint density at radius 1 is 1.08 bits per heavy atom. The van der Waals surface area contributed by atoms with Crippen LogP contribution in [0.25, 0.3) is 0 Å². The van der Waals surface area contributed by atoms with E-state index in [1.165, 1.54) is 11.8 Å². The monoisotopic (exact) mass is 333 g/mol. The summed E-state index contributed by atoms with van der Waals surface area (Å²) >= 11 is 0. The zero-order chi connectivity index (χ0) is 17.6. The lowest BCUT2D eigenvalue weighted by Gasteiger charge is -2.12. The maximum Gasteiger partial charge on any atom is 0.275 e. The number of hydrogen-bond donors (Lipinski definition) is 1. The Hall–Kier alpha value is -3.21. The molecule has 0 unspecified atom stereocenters. The van der Waals surface area contributed by atoms with Gasteiger partial charge in [-0.2, -0.15) is 0 Å². The molecule has 0 radical (unpaired) electrons. The molecule has 126 valence electrons. The van der Waals surface area contributed by atoms with Crippen LogP contribution in [0.4, 0.5) is 5.69 Å². The van der Waals surface area contributed by atoms with E-state index >= 15 is 0 Å². The molecule has 0 atom stereocenters. The topological polar surface area (TPSA) is 64.1 Å². The lowest BCUT2D eigenvalue weighted by molar-refractivity contribution is 0.102. The van der Waals surface area contributed by atoms with Crippen molar-refractivity contribution in [1.29, 1.82) is 0 Å². The Bertz CT molecular complexity index is 862. The van der Waals surface area contributed by atoms with Crippen molar-refractivity contribution in [3.05, 3.63) is 83.4 Å². The number of hydrogen-bond acceptors (Lipinski definition) is 4. The first kappa shape index (κ1) is 16.6. The zero-order valence-electron chi connectivity index (χ0n) is 14.2. The smallest absolute Gasteiger partial charge is 0.275 e. The largest absolute Gasteiger partial charge is 0.496 e. The summed E-state index contributed by atoms with van der Waals surface area (Å²) < 4.78 is 5.44. The summed E-state index contributed by atoms with van der Waals surface area (Å²) in [6.07, 6.45) is 3.76. The van der Waals surface area contributed by atoms with E-state index in [9.17, 15) is 4.79 Å². The van der Waals surface area contributed by atoms with Gasteiger partial charge in [-0.1, -0.05) is 30.3 Å². The fraction of sp³-hybridized carbons (Fsp3) is 0.150. The molecule has 0 saturated heterocycles. The average molecular weight is 333 g/mol. The quantitative estimate of drug-likeness (QED) is 0.774. The van der Waals surface area contributed by atoms with Crippen molar-refractivity contribution in [1.82, 2.24) is 9.97 Å². The molecule has 1 N–H and O–H groups in total. The molecule has 1 aromatic heterocycles. The van der Waals surface area contributed by atoms with E-state index in [4.69, 9.17) is 4.74 Å². The number of benzene rings is 2. The second-order valence-corrected chi connectivity index (χ2v) is 5.69. The second kappa shape index (κ2) is 7.57. The van der Waals surface area contributed by atoms with Crippen LogP contribution in [0.3, 0.4) is 0 Å². The molecule has 5 heteroatoms. The van der Waals surface area contributed by atoms with Crippen molar-refractivity contribution in [3.63, 3.8) is 0 Å². The molecule has 2 aromatic carbocycles. The van der Waals surface area contributed by atoms with Gasteiger partial charge in [0.25, 0.3) is 5.91 Å². The van der Waals surface area contributed by atoms with E-state index in [0.29, 0.717) is 5.69 Å². The third-order valence-corrected chi connectivity index (χ3v) is 3.79. The third-order valence-electron chi connectivity index (χ3n) is 3.79. The number of anilines is 1. The van der Waals surface area contributed by atoms with Crippen LogP contribution >= 0.6 is 0 Å². The van der Waals surface area contributed by atoms with E-state index in [2.05, 4.69) is 27.4 Å². The van der Waals surface area contributed by atoms with Gasteiger partial charge in [0.15, 0.2) is 0 Å². The molecule has 0 aliphatic rings. The van der Waals surface area contributed by atoms with Crippen LogP contribution in [0.5, 0.6) is 5.75 Å². The molecule has 1 heterocycles. The Balaban J connectivity index is 1.81. The van der Waals surface area contributed by atoms with E-state index in [1.54, 1.807) is 13.3 Å². The SMILES string of the molecule is COc1ccc(NC(=O)c2cnc(C)cn2)cc1Cc1ccccc1. The number of carbonyl (C=O) groups excluding carboxylic acids is 1. The summed E-state index contributed by atoms with van der Waals surface area (Å²) in [5.41, 5.74) is 3.92. The minimum atomic E-state index is -0.289. The van der Waals surface area contributed by atoms with Crippen LogP contribution in [0.15, 0.2) is 60.9 Å². The zero-order valence-corrected chi connectivity index (χ0v) is 14.2. The van der Waals surface area contributed by atoms with Crippen molar-refractivity contribution in [2.45, 2.75) is 13.3 Å². The molecular weight excluding hydrogens is 314 g/mol. The molecule has 3 rings (SSSR count). The molecule has 0 saturated carbocycles. The van der Waals surface area contributed by atoms with Crippen LogP contribution in [0.1, 0.15) is 27.3 Å². The van der Waals surface area contributed by atoms with E-state index in [-0.39, 0.29) is 11.6 Å². The molecule has 0 fully saturated rings. The molecule has 3 aromatic rings. The van der Waals surface area contributed by atoms with Crippen molar-refractivity contribution >= 4 is 11.6 Å². The highest BCUT2D eigenvalue weighted by Crippen LogP contribution is 2.25. The second-order valence-electron chi connectivity index (χ2n) is 5.69. The van der Waals surface area contributed by atoms with Gasteiger partial charge in [0.05, 0.1) is 19.0 Å². The molecule has 0 aliphatic carbocycles. The van der Waals surface area contributed by atoms with Gasteiger partial charge >= 0.3 is 0 Å². The van der Waals surface area contributed by atoms with Gasteiger partial charge in [0.1, 0.15) is 11.4 Å². The molecule has 5 nitrogen and oxygen atoms in total. The summed E-state index contributed by atoms with van der Waals surface area (Å²) in [7, 11) is 1.64. The molecule has 0 spiro atoms. The van der Waals surface area contributed by atoms with Crippen LogP contribution < -0.4 is 10.1 Å². The highest BCUT2D eigenvalue weighted by molar-refractivity contribution is 6.02. The van der Waals surface area contributed by atoms with Crippen molar-refractivity contribution in [3.8, 4) is 5.75 Å². The van der Waals surface area contributed by atoms with Gasteiger partial charge in [-0.3, -0.25) is 9.78 Å². The molecule has 1 amide bonds. The van der Waals surface area contributed by atoms with Gasteiger partial charge in [-0.25, -0.2) is 4.98 Å². The molecular formula is C20H19N3O2. The van der Waals surface area contributed by atoms with E-state index in [1.807, 2.05) is 43.3 Å². The van der Waals surface area contributed by atoms with Crippen LogP contribution in [-0.2, 0) is 6.42 Å². The fourth-order valence-corrected chi connectivity index (χ4v) is 2.52. The summed E-state index contributed by atoms with van der Waals surface area (Å²) in [6.45, 7) is 1.83. The number of rotatable bonds is 5. The Morgan fingerprint density at radius 2 is 1.88 bits per heavy atom. The minimum absolute atomic E-state index is 0.283. The number of aryl methyl sites for hydroxylation is 1. The first-order valence-electron chi connectivity index (χ1n) is 7.96. The standard InChI is InChI=1S/C20H19N3O2/c1-14-12-22-18(13-21-14)20(24)23-17-8-9-19(25-2)16(11-17)10-15-6-4-3-5-7-15/h3-9,11-13H,10H2,1-2H3,(H,23,24). The number of methoxy groups -OCH3 is 1. The summed E-state index contributed by atoms with van der Waals surface area (Å²) in [5.74, 6) is 0.500. The lowest BCUT2D eigenvalue weighted by atomic mass is 10.0. The summed E-state index contributed by atoms with van der Waals surface area (Å²) in [6, 6.07) is 15.7. The lowest BCUT2D eigenvalue weighted by Crippen LogP contribution is -2.14. The number of amides is 1. The highest BCUT2D eigenvalue weighted by atomic mass is 16.5. The van der Waals surface area contributed by atoms with Crippen molar-refractivity contribution < 1.29 is 9.53 Å². The van der Waals surface area contributed by atoms with Crippen LogP contribution in [0, 0.1) is 6.92 Å². The van der Waals surface area contributed by atoms with Gasteiger partial charge < -0.3 is 10.1 Å². The average Bonchev–Trinajstić information content (AvgIpc) is 2.63. The predicted octanol–water partition coefficient (Wildman–Crippen LogP) is 3.64. The molecule has 0 aliphatic heterocycles. The van der Waals surface area contributed by atoms with E-state index < -0.39 is 0 Å². The van der Waals surface area contributed by atoms with E-state index in [0.717, 1.165) is 23.4 Å². The Morgan fingerprint density at radius 3 is 2.56 bits per heavy atom. The highest BCUT2D eigenvalue weighted by Gasteiger charge is 2.11.